The number of aryl methyl sites for hydroxylation is 1. The van der Waals surface area contributed by atoms with E-state index in [2.05, 4.69) is 10.3 Å². The molecular formula is C14H18N4O3. The van der Waals surface area contributed by atoms with Crippen LogP contribution in [0.1, 0.15) is 34.4 Å². The number of aromatic nitrogens is 3. The van der Waals surface area contributed by atoms with Crippen LogP contribution in [0, 0.1) is 6.92 Å². The minimum atomic E-state index is -0.110. The van der Waals surface area contributed by atoms with Crippen molar-refractivity contribution < 1.29 is 14.1 Å². The monoisotopic (exact) mass is 290 g/mol. The molecule has 1 unspecified atom stereocenters. The standard InChI is InChI=1S/C14H18N4O3/c1-10-7-13(16-21-10)14(19)17-8-11-3-5-15-18(11)12(9-17)4-6-20-2/h3,5,7,12H,4,6,8-9H2,1-2H3. The number of ether oxygens (including phenoxy) is 1. The first-order valence-electron chi connectivity index (χ1n) is 6.93. The highest BCUT2D eigenvalue weighted by Gasteiger charge is 2.30. The molecule has 0 saturated carbocycles. The summed E-state index contributed by atoms with van der Waals surface area (Å²) in [6.45, 7) is 3.54. The van der Waals surface area contributed by atoms with Crippen molar-refractivity contribution in [2.75, 3.05) is 20.3 Å². The Bertz CT molecular complexity index is 634. The fraction of sp³-hybridized carbons (Fsp3) is 0.500. The van der Waals surface area contributed by atoms with E-state index in [-0.39, 0.29) is 11.9 Å². The number of carbonyl (C=O) groups is 1. The molecular weight excluding hydrogens is 272 g/mol. The van der Waals surface area contributed by atoms with Gasteiger partial charge in [0.05, 0.1) is 18.3 Å². The van der Waals surface area contributed by atoms with Gasteiger partial charge in [-0.15, -0.1) is 0 Å². The molecule has 2 aromatic heterocycles. The lowest BCUT2D eigenvalue weighted by atomic mass is 10.1. The normalized spacial score (nSPS) is 17.8. The summed E-state index contributed by atoms with van der Waals surface area (Å²) < 4.78 is 12.1. The molecule has 112 valence electrons. The molecule has 7 nitrogen and oxygen atoms in total. The quantitative estimate of drug-likeness (QED) is 0.851. The molecule has 3 rings (SSSR count). The van der Waals surface area contributed by atoms with Crippen molar-refractivity contribution in [1.29, 1.82) is 0 Å². The third-order valence-electron chi connectivity index (χ3n) is 3.67. The van der Waals surface area contributed by atoms with Crippen LogP contribution in [0.25, 0.3) is 0 Å². The number of methoxy groups -OCH3 is 1. The van der Waals surface area contributed by atoms with E-state index in [0.29, 0.717) is 31.2 Å². The maximum Gasteiger partial charge on any atom is 0.276 e. The third-order valence-corrected chi connectivity index (χ3v) is 3.67. The van der Waals surface area contributed by atoms with Crippen molar-refractivity contribution in [3.05, 3.63) is 35.5 Å². The van der Waals surface area contributed by atoms with Gasteiger partial charge < -0.3 is 14.2 Å². The molecule has 2 aromatic rings. The maximum absolute atomic E-state index is 12.5. The summed E-state index contributed by atoms with van der Waals surface area (Å²) in [6.07, 6.45) is 2.58. The van der Waals surface area contributed by atoms with Crippen molar-refractivity contribution >= 4 is 5.91 Å². The molecule has 0 spiro atoms. The van der Waals surface area contributed by atoms with Gasteiger partial charge >= 0.3 is 0 Å². The lowest BCUT2D eigenvalue weighted by molar-refractivity contribution is 0.0631. The van der Waals surface area contributed by atoms with E-state index in [9.17, 15) is 4.79 Å². The summed E-state index contributed by atoms with van der Waals surface area (Å²) in [4.78, 5) is 14.3. The molecule has 1 amide bonds. The molecule has 0 aromatic carbocycles. The van der Waals surface area contributed by atoms with Gasteiger partial charge in [-0.3, -0.25) is 9.48 Å². The summed E-state index contributed by atoms with van der Waals surface area (Å²) >= 11 is 0. The molecule has 0 radical (unpaired) electrons. The average molecular weight is 290 g/mol. The van der Waals surface area contributed by atoms with Crippen molar-refractivity contribution in [2.24, 2.45) is 0 Å². The van der Waals surface area contributed by atoms with Crippen molar-refractivity contribution in [1.82, 2.24) is 19.8 Å². The Kier molecular flexibility index (Phi) is 3.74. The molecule has 0 fully saturated rings. The van der Waals surface area contributed by atoms with Gasteiger partial charge in [0.15, 0.2) is 5.69 Å². The van der Waals surface area contributed by atoms with Crippen molar-refractivity contribution in [3.8, 4) is 0 Å². The van der Waals surface area contributed by atoms with E-state index in [1.807, 2.05) is 10.7 Å². The molecule has 0 bridgehead atoms. The van der Waals surface area contributed by atoms with Gasteiger partial charge in [0, 0.05) is 32.5 Å². The first-order valence-corrected chi connectivity index (χ1v) is 6.93. The first kappa shape index (κ1) is 13.8. The number of fused-ring (bicyclic) bond motifs is 1. The van der Waals surface area contributed by atoms with E-state index in [0.717, 1.165) is 12.1 Å². The Morgan fingerprint density at radius 2 is 2.43 bits per heavy atom. The number of amides is 1. The topological polar surface area (TPSA) is 73.4 Å². The predicted octanol–water partition coefficient (Wildman–Crippen LogP) is 1.41. The van der Waals surface area contributed by atoms with Gasteiger partial charge in [-0.25, -0.2) is 0 Å². The van der Waals surface area contributed by atoms with Crippen LogP contribution in [0.15, 0.2) is 22.9 Å². The Morgan fingerprint density at radius 3 is 3.14 bits per heavy atom. The van der Waals surface area contributed by atoms with Crippen LogP contribution in [0.3, 0.4) is 0 Å². The fourth-order valence-corrected chi connectivity index (χ4v) is 2.64. The molecule has 0 saturated heterocycles. The zero-order chi connectivity index (χ0) is 14.8. The van der Waals surface area contributed by atoms with Crippen molar-refractivity contribution in [3.63, 3.8) is 0 Å². The number of hydrogen-bond donors (Lipinski definition) is 0. The Hall–Kier alpha value is -2.15. The zero-order valence-electron chi connectivity index (χ0n) is 12.2. The summed E-state index contributed by atoms with van der Waals surface area (Å²) in [6, 6.07) is 3.73. The second-order valence-electron chi connectivity index (χ2n) is 5.21. The predicted molar refractivity (Wildman–Crippen MR) is 73.7 cm³/mol. The second kappa shape index (κ2) is 5.69. The molecule has 1 aliphatic rings. The number of rotatable bonds is 4. The highest BCUT2D eigenvalue weighted by Crippen LogP contribution is 2.24. The fourth-order valence-electron chi connectivity index (χ4n) is 2.64. The van der Waals surface area contributed by atoms with Crippen LogP contribution >= 0.6 is 0 Å². The average Bonchev–Trinajstić information content (AvgIpc) is 3.12. The van der Waals surface area contributed by atoms with Gasteiger partial charge in [0.1, 0.15) is 5.76 Å². The Labute approximate surface area is 122 Å². The summed E-state index contributed by atoms with van der Waals surface area (Å²) in [5.41, 5.74) is 1.38. The molecule has 21 heavy (non-hydrogen) atoms. The second-order valence-corrected chi connectivity index (χ2v) is 5.21. The van der Waals surface area contributed by atoms with E-state index < -0.39 is 0 Å². The molecule has 1 aliphatic heterocycles. The largest absolute Gasteiger partial charge is 0.385 e. The van der Waals surface area contributed by atoms with E-state index in [1.165, 1.54) is 0 Å². The van der Waals surface area contributed by atoms with Crippen LogP contribution in [-0.4, -0.2) is 46.0 Å². The maximum atomic E-state index is 12.5. The van der Waals surface area contributed by atoms with E-state index >= 15 is 0 Å². The number of hydrogen-bond acceptors (Lipinski definition) is 5. The summed E-state index contributed by atoms with van der Waals surface area (Å²) in [5.74, 6) is 0.526. The van der Waals surface area contributed by atoms with Gasteiger partial charge in [-0.05, 0) is 19.4 Å². The lowest BCUT2D eigenvalue weighted by Gasteiger charge is -2.33. The van der Waals surface area contributed by atoms with E-state index in [4.69, 9.17) is 9.26 Å². The third kappa shape index (κ3) is 2.69. The highest BCUT2D eigenvalue weighted by molar-refractivity contribution is 5.92. The highest BCUT2D eigenvalue weighted by atomic mass is 16.5. The van der Waals surface area contributed by atoms with Crippen LogP contribution < -0.4 is 0 Å². The van der Waals surface area contributed by atoms with Crippen LogP contribution in [0.2, 0.25) is 0 Å². The number of nitrogens with zero attached hydrogens (tertiary/aromatic N) is 4. The molecule has 7 heteroatoms. The van der Waals surface area contributed by atoms with Crippen LogP contribution in [0.5, 0.6) is 0 Å². The molecule has 0 aliphatic carbocycles. The minimum absolute atomic E-state index is 0.110. The van der Waals surface area contributed by atoms with Crippen LogP contribution in [-0.2, 0) is 11.3 Å². The first-order chi connectivity index (χ1) is 10.2. The SMILES string of the molecule is COCCC1CN(C(=O)c2cc(C)on2)Cc2ccnn21. The Morgan fingerprint density at radius 1 is 1.57 bits per heavy atom. The summed E-state index contributed by atoms with van der Waals surface area (Å²) in [5, 5.41) is 8.16. The Balaban J connectivity index is 1.80. The van der Waals surface area contributed by atoms with E-state index in [1.54, 1.807) is 31.2 Å². The smallest absolute Gasteiger partial charge is 0.276 e. The van der Waals surface area contributed by atoms with Crippen molar-refractivity contribution in [2.45, 2.75) is 25.9 Å². The minimum Gasteiger partial charge on any atom is -0.385 e. The van der Waals surface area contributed by atoms with Gasteiger partial charge in [0.25, 0.3) is 5.91 Å². The molecule has 3 heterocycles. The molecule has 1 atom stereocenters. The van der Waals surface area contributed by atoms with Crippen LogP contribution in [0.4, 0.5) is 0 Å². The summed E-state index contributed by atoms with van der Waals surface area (Å²) in [7, 11) is 1.67. The van der Waals surface area contributed by atoms with Gasteiger partial charge in [-0.2, -0.15) is 5.10 Å². The lowest BCUT2D eigenvalue weighted by Crippen LogP contribution is -2.41. The van der Waals surface area contributed by atoms with Gasteiger partial charge in [-0.1, -0.05) is 5.16 Å². The number of carbonyl (C=O) groups excluding carboxylic acids is 1. The molecule has 0 N–H and O–H groups in total. The van der Waals surface area contributed by atoms with Gasteiger partial charge in [0.2, 0.25) is 0 Å². The zero-order valence-corrected chi connectivity index (χ0v) is 12.2.